The fourth-order valence-electron chi connectivity index (χ4n) is 1.21. The van der Waals surface area contributed by atoms with E-state index in [0.717, 1.165) is 6.39 Å². The standard InChI is InChI=1S/C7H6N2O4/c10-6-5-4(13-2-8-5)1-3(9-6)7(11)12/h2-3H,1H2,(H,9,10)(H,11,12). The molecule has 1 aliphatic heterocycles. The molecule has 0 aromatic carbocycles. The van der Waals surface area contributed by atoms with Crippen molar-refractivity contribution in [3.8, 4) is 0 Å². The molecule has 2 N–H and O–H groups in total. The molecule has 68 valence electrons. The number of oxazole rings is 1. The summed E-state index contributed by atoms with van der Waals surface area (Å²) < 4.78 is 4.87. The molecule has 2 heterocycles. The Kier molecular flexibility index (Phi) is 1.54. The first kappa shape index (κ1) is 7.78. The molecule has 0 saturated heterocycles. The van der Waals surface area contributed by atoms with Crippen molar-refractivity contribution in [2.75, 3.05) is 0 Å². The molecular weight excluding hydrogens is 176 g/mol. The van der Waals surface area contributed by atoms with Crippen LogP contribution in [0.1, 0.15) is 16.2 Å². The quantitative estimate of drug-likeness (QED) is 0.605. The molecule has 1 atom stereocenters. The maximum atomic E-state index is 11.2. The van der Waals surface area contributed by atoms with Gasteiger partial charge in [0, 0.05) is 6.42 Å². The van der Waals surface area contributed by atoms with Crippen molar-refractivity contribution in [2.24, 2.45) is 0 Å². The fourth-order valence-corrected chi connectivity index (χ4v) is 1.21. The number of hydrogen-bond acceptors (Lipinski definition) is 4. The lowest BCUT2D eigenvalue weighted by Crippen LogP contribution is -2.46. The van der Waals surface area contributed by atoms with E-state index >= 15 is 0 Å². The molecule has 0 saturated carbocycles. The molecule has 0 bridgehead atoms. The Balaban J connectivity index is 2.34. The number of carboxylic acid groups (broad SMARTS) is 1. The molecular formula is C7H6N2O4. The Morgan fingerprint density at radius 2 is 2.54 bits per heavy atom. The van der Waals surface area contributed by atoms with Crippen molar-refractivity contribution in [3.05, 3.63) is 17.8 Å². The molecule has 6 nitrogen and oxygen atoms in total. The number of nitrogens with one attached hydrogen (secondary N) is 1. The summed E-state index contributed by atoms with van der Waals surface area (Å²) in [6, 6.07) is -0.909. The van der Waals surface area contributed by atoms with Crippen LogP contribution in [-0.4, -0.2) is 28.0 Å². The number of hydrogen-bond donors (Lipinski definition) is 2. The maximum Gasteiger partial charge on any atom is 0.326 e. The predicted molar refractivity (Wildman–Crippen MR) is 39.1 cm³/mol. The van der Waals surface area contributed by atoms with Gasteiger partial charge in [0.25, 0.3) is 5.91 Å². The molecule has 2 rings (SSSR count). The van der Waals surface area contributed by atoms with Crippen LogP contribution in [0.4, 0.5) is 0 Å². The smallest absolute Gasteiger partial charge is 0.326 e. The fraction of sp³-hybridized carbons (Fsp3) is 0.286. The zero-order chi connectivity index (χ0) is 9.42. The summed E-state index contributed by atoms with van der Waals surface area (Å²) in [6.45, 7) is 0. The number of aromatic nitrogens is 1. The van der Waals surface area contributed by atoms with E-state index in [1.807, 2.05) is 0 Å². The van der Waals surface area contributed by atoms with E-state index in [2.05, 4.69) is 10.3 Å². The second kappa shape index (κ2) is 2.58. The number of amides is 1. The van der Waals surface area contributed by atoms with Gasteiger partial charge >= 0.3 is 5.97 Å². The van der Waals surface area contributed by atoms with E-state index in [-0.39, 0.29) is 12.1 Å². The van der Waals surface area contributed by atoms with E-state index in [4.69, 9.17) is 9.52 Å². The third kappa shape index (κ3) is 1.16. The minimum atomic E-state index is -1.07. The number of aliphatic carboxylic acids is 1. The SMILES string of the molecule is O=C1NC(C(=O)O)Cc2ocnc21. The Bertz CT molecular complexity index is 370. The molecule has 6 heteroatoms. The lowest BCUT2D eigenvalue weighted by Gasteiger charge is -2.17. The Morgan fingerprint density at radius 1 is 1.77 bits per heavy atom. The van der Waals surface area contributed by atoms with E-state index in [1.54, 1.807) is 0 Å². The van der Waals surface area contributed by atoms with Crippen LogP contribution >= 0.6 is 0 Å². The molecule has 0 aliphatic carbocycles. The number of nitrogens with zero attached hydrogens (tertiary/aromatic N) is 1. The summed E-state index contributed by atoms with van der Waals surface area (Å²) in [7, 11) is 0. The van der Waals surface area contributed by atoms with E-state index < -0.39 is 17.9 Å². The maximum absolute atomic E-state index is 11.2. The van der Waals surface area contributed by atoms with Crippen LogP contribution < -0.4 is 5.32 Å². The normalized spacial score (nSPS) is 20.6. The van der Waals surface area contributed by atoms with Gasteiger partial charge in [-0.05, 0) is 0 Å². The molecule has 1 aromatic heterocycles. The van der Waals surface area contributed by atoms with E-state index in [1.165, 1.54) is 0 Å². The summed E-state index contributed by atoms with van der Waals surface area (Å²) >= 11 is 0. The van der Waals surface area contributed by atoms with E-state index in [0.29, 0.717) is 5.76 Å². The number of rotatable bonds is 1. The topological polar surface area (TPSA) is 92.4 Å². The second-order valence-electron chi connectivity index (χ2n) is 2.69. The van der Waals surface area contributed by atoms with Gasteiger partial charge in [-0.2, -0.15) is 0 Å². The minimum Gasteiger partial charge on any atom is -0.480 e. The third-order valence-corrected chi connectivity index (χ3v) is 1.85. The molecule has 13 heavy (non-hydrogen) atoms. The van der Waals surface area contributed by atoms with E-state index in [9.17, 15) is 9.59 Å². The third-order valence-electron chi connectivity index (χ3n) is 1.85. The van der Waals surface area contributed by atoms with Crippen LogP contribution in [0, 0.1) is 0 Å². The van der Waals surface area contributed by atoms with Gasteiger partial charge in [-0.1, -0.05) is 0 Å². The highest BCUT2D eigenvalue weighted by Crippen LogP contribution is 2.14. The van der Waals surface area contributed by atoms with Crippen molar-refractivity contribution in [1.82, 2.24) is 10.3 Å². The van der Waals surface area contributed by atoms with Gasteiger partial charge in [0.1, 0.15) is 11.8 Å². The second-order valence-corrected chi connectivity index (χ2v) is 2.69. The Hall–Kier alpha value is -1.85. The molecule has 1 aromatic rings. The summed E-state index contributed by atoms with van der Waals surface area (Å²) in [5.74, 6) is -1.24. The van der Waals surface area contributed by atoms with Crippen LogP contribution in [0.3, 0.4) is 0 Å². The molecule has 1 unspecified atom stereocenters. The summed E-state index contributed by atoms with van der Waals surface area (Å²) in [5.41, 5.74) is 0.178. The van der Waals surface area contributed by atoms with Crippen molar-refractivity contribution >= 4 is 11.9 Å². The monoisotopic (exact) mass is 182 g/mol. The summed E-state index contributed by atoms with van der Waals surface area (Å²) in [6.07, 6.45) is 1.28. The van der Waals surface area contributed by atoms with Crippen molar-refractivity contribution in [1.29, 1.82) is 0 Å². The Labute approximate surface area is 72.6 Å². The first-order chi connectivity index (χ1) is 6.18. The highest BCUT2D eigenvalue weighted by Gasteiger charge is 2.31. The van der Waals surface area contributed by atoms with Crippen LogP contribution in [0.15, 0.2) is 10.8 Å². The van der Waals surface area contributed by atoms with Crippen LogP contribution in [0.2, 0.25) is 0 Å². The molecule has 0 fully saturated rings. The average Bonchev–Trinajstić information content (AvgIpc) is 2.51. The van der Waals surface area contributed by atoms with Crippen molar-refractivity contribution in [3.63, 3.8) is 0 Å². The van der Waals surface area contributed by atoms with Crippen LogP contribution in [-0.2, 0) is 11.2 Å². The Morgan fingerprint density at radius 3 is 3.23 bits per heavy atom. The summed E-state index contributed by atoms with van der Waals surface area (Å²) in [4.78, 5) is 25.4. The van der Waals surface area contributed by atoms with Crippen LogP contribution in [0.5, 0.6) is 0 Å². The highest BCUT2D eigenvalue weighted by atomic mass is 16.4. The number of carboxylic acids is 1. The van der Waals surface area contributed by atoms with Crippen LogP contribution in [0.25, 0.3) is 0 Å². The zero-order valence-electron chi connectivity index (χ0n) is 6.48. The van der Waals surface area contributed by atoms with Gasteiger partial charge < -0.3 is 14.8 Å². The first-order valence-electron chi connectivity index (χ1n) is 3.64. The van der Waals surface area contributed by atoms with Gasteiger partial charge in [-0.3, -0.25) is 4.79 Å². The number of carbonyl (C=O) groups is 2. The molecule has 0 radical (unpaired) electrons. The van der Waals surface area contributed by atoms with Gasteiger partial charge in [-0.15, -0.1) is 0 Å². The minimum absolute atomic E-state index is 0.149. The van der Waals surface area contributed by atoms with Crippen molar-refractivity contribution in [2.45, 2.75) is 12.5 Å². The average molecular weight is 182 g/mol. The predicted octanol–water partition coefficient (Wildman–Crippen LogP) is -0.586. The molecule has 1 amide bonds. The van der Waals surface area contributed by atoms with Crippen molar-refractivity contribution < 1.29 is 19.1 Å². The lowest BCUT2D eigenvalue weighted by atomic mass is 10.1. The van der Waals surface area contributed by atoms with Gasteiger partial charge in [0.05, 0.1) is 0 Å². The van der Waals surface area contributed by atoms with Gasteiger partial charge in [0.2, 0.25) is 0 Å². The highest BCUT2D eigenvalue weighted by molar-refractivity contribution is 5.97. The molecule has 1 aliphatic rings. The summed E-state index contributed by atoms with van der Waals surface area (Å²) in [5, 5.41) is 10.9. The van der Waals surface area contributed by atoms with Gasteiger partial charge in [0.15, 0.2) is 12.1 Å². The number of fused-ring (bicyclic) bond motifs is 1. The first-order valence-corrected chi connectivity index (χ1v) is 3.64. The largest absolute Gasteiger partial charge is 0.480 e. The molecule has 0 spiro atoms. The number of carbonyl (C=O) groups excluding carboxylic acids is 1. The van der Waals surface area contributed by atoms with Gasteiger partial charge in [-0.25, -0.2) is 9.78 Å². The lowest BCUT2D eigenvalue weighted by molar-refractivity contribution is -0.139. The zero-order valence-corrected chi connectivity index (χ0v) is 6.48.